The minimum atomic E-state index is -0.716. The molecule has 0 saturated carbocycles. The van der Waals surface area contributed by atoms with E-state index in [0.29, 0.717) is 5.56 Å². The van der Waals surface area contributed by atoms with Crippen LogP contribution in [0.3, 0.4) is 0 Å². The lowest BCUT2D eigenvalue weighted by atomic mass is 10.1. The summed E-state index contributed by atoms with van der Waals surface area (Å²) in [5.41, 5.74) is 5.74. The number of benzene rings is 1. The van der Waals surface area contributed by atoms with Crippen LogP contribution in [-0.4, -0.2) is 40.5 Å². The standard InChI is InChI=1S/C12H13IN2O3/c13-8-3-1-7(2-4-8)12(18)15-6-9(16)5-10(15)11(14)17/h1-4,9-10,16H,5-6H2,(H2,14,17). The third-order valence-electron chi connectivity index (χ3n) is 2.96. The molecular weight excluding hydrogens is 347 g/mol. The van der Waals surface area contributed by atoms with E-state index in [2.05, 4.69) is 22.6 Å². The van der Waals surface area contributed by atoms with E-state index in [9.17, 15) is 14.7 Å². The second-order valence-electron chi connectivity index (χ2n) is 4.27. The zero-order valence-electron chi connectivity index (χ0n) is 9.54. The molecule has 0 radical (unpaired) electrons. The fraction of sp³-hybridized carbons (Fsp3) is 0.333. The van der Waals surface area contributed by atoms with Gasteiger partial charge in [0.05, 0.1) is 6.10 Å². The van der Waals surface area contributed by atoms with Crippen molar-refractivity contribution in [2.45, 2.75) is 18.6 Å². The van der Waals surface area contributed by atoms with Crippen LogP contribution in [0.15, 0.2) is 24.3 Å². The van der Waals surface area contributed by atoms with Gasteiger partial charge in [0.1, 0.15) is 6.04 Å². The number of hydrogen-bond acceptors (Lipinski definition) is 3. The summed E-state index contributed by atoms with van der Waals surface area (Å²) in [6, 6.07) is 6.32. The first kappa shape index (κ1) is 13.3. The van der Waals surface area contributed by atoms with E-state index in [-0.39, 0.29) is 18.9 Å². The van der Waals surface area contributed by atoms with Gasteiger partial charge in [-0.25, -0.2) is 0 Å². The third-order valence-corrected chi connectivity index (χ3v) is 3.68. The normalized spacial score (nSPS) is 23.1. The van der Waals surface area contributed by atoms with Gasteiger partial charge in [-0.05, 0) is 46.9 Å². The van der Waals surface area contributed by atoms with Gasteiger partial charge < -0.3 is 15.7 Å². The summed E-state index contributed by atoms with van der Waals surface area (Å²) < 4.78 is 1.03. The molecule has 1 saturated heterocycles. The number of halogens is 1. The Morgan fingerprint density at radius 1 is 1.33 bits per heavy atom. The maximum Gasteiger partial charge on any atom is 0.254 e. The first-order chi connectivity index (χ1) is 8.49. The van der Waals surface area contributed by atoms with Crippen molar-refractivity contribution in [3.63, 3.8) is 0 Å². The van der Waals surface area contributed by atoms with E-state index in [1.807, 2.05) is 12.1 Å². The topological polar surface area (TPSA) is 83.6 Å². The average molecular weight is 360 g/mol. The van der Waals surface area contributed by atoms with Crippen molar-refractivity contribution in [2.75, 3.05) is 6.54 Å². The lowest BCUT2D eigenvalue weighted by Crippen LogP contribution is -2.43. The van der Waals surface area contributed by atoms with Gasteiger partial charge in [-0.2, -0.15) is 0 Å². The first-order valence-electron chi connectivity index (χ1n) is 5.53. The SMILES string of the molecule is NC(=O)C1CC(O)CN1C(=O)c1ccc(I)cc1. The van der Waals surface area contributed by atoms with Crippen LogP contribution < -0.4 is 5.73 Å². The van der Waals surface area contributed by atoms with Crippen molar-refractivity contribution in [3.05, 3.63) is 33.4 Å². The molecular formula is C12H13IN2O3. The number of nitrogens with two attached hydrogens (primary N) is 1. The number of rotatable bonds is 2. The van der Waals surface area contributed by atoms with Crippen molar-refractivity contribution in [1.82, 2.24) is 4.90 Å². The molecule has 18 heavy (non-hydrogen) atoms. The number of aliphatic hydroxyl groups excluding tert-OH is 1. The van der Waals surface area contributed by atoms with Crippen molar-refractivity contribution in [2.24, 2.45) is 5.73 Å². The maximum absolute atomic E-state index is 12.2. The van der Waals surface area contributed by atoms with Crippen LogP contribution in [0.5, 0.6) is 0 Å². The van der Waals surface area contributed by atoms with Crippen LogP contribution in [0.2, 0.25) is 0 Å². The molecule has 1 aromatic carbocycles. The molecule has 2 unspecified atom stereocenters. The van der Waals surface area contributed by atoms with Gasteiger partial charge in [0.2, 0.25) is 5.91 Å². The van der Waals surface area contributed by atoms with Crippen LogP contribution in [0.4, 0.5) is 0 Å². The van der Waals surface area contributed by atoms with Gasteiger partial charge >= 0.3 is 0 Å². The van der Waals surface area contributed by atoms with Crippen molar-refractivity contribution in [1.29, 1.82) is 0 Å². The molecule has 1 aromatic rings. The van der Waals surface area contributed by atoms with Crippen LogP contribution in [-0.2, 0) is 4.79 Å². The zero-order valence-corrected chi connectivity index (χ0v) is 11.7. The number of likely N-dealkylation sites (tertiary alicyclic amines) is 1. The van der Waals surface area contributed by atoms with E-state index >= 15 is 0 Å². The fourth-order valence-corrected chi connectivity index (χ4v) is 2.43. The fourth-order valence-electron chi connectivity index (χ4n) is 2.07. The quantitative estimate of drug-likeness (QED) is 0.747. The minimum Gasteiger partial charge on any atom is -0.391 e. The number of amides is 2. The summed E-state index contributed by atoms with van der Waals surface area (Å²) >= 11 is 2.15. The largest absolute Gasteiger partial charge is 0.391 e. The summed E-state index contributed by atoms with van der Waals surface area (Å²) in [5, 5.41) is 9.56. The molecule has 3 N–H and O–H groups in total. The molecule has 2 amide bonds. The molecule has 96 valence electrons. The van der Waals surface area contributed by atoms with E-state index in [1.54, 1.807) is 12.1 Å². The molecule has 1 aliphatic heterocycles. The summed E-state index contributed by atoms with van der Waals surface area (Å²) in [4.78, 5) is 24.8. The van der Waals surface area contributed by atoms with E-state index in [0.717, 1.165) is 3.57 Å². The van der Waals surface area contributed by atoms with Crippen LogP contribution >= 0.6 is 22.6 Å². The second kappa shape index (κ2) is 5.23. The predicted molar refractivity (Wildman–Crippen MR) is 73.8 cm³/mol. The van der Waals surface area contributed by atoms with Gasteiger partial charge in [0.25, 0.3) is 5.91 Å². The number of carbonyl (C=O) groups is 2. The smallest absolute Gasteiger partial charge is 0.254 e. The van der Waals surface area contributed by atoms with E-state index in [4.69, 9.17) is 5.73 Å². The Morgan fingerprint density at radius 3 is 2.50 bits per heavy atom. The summed E-state index contributed by atoms with van der Waals surface area (Å²) in [6.45, 7) is 0.151. The highest BCUT2D eigenvalue weighted by atomic mass is 127. The lowest BCUT2D eigenvalue weighted by Gasteiger charge is -2.21. The monoisotopic (exact) mass is 360 g/mol. The van der Waals surface area contributed by atoms with Gasteiger partial charge in [0.15, 0.2) is 0 Å². The number of primary amides is 1. The Morgan fingerprint density at radius 2 is 1.94 bits per heavy atom. The minimum absolute atomic E-state index is 0.151. The molecule has 6 heteroatoms. The molecule has 0 aliphatic carbocycles. The highest BCUT2D eigenvalue weighted by Gasteiger charge is 2.37. The highest BCUT2D eigenvalue weighted by molar-refractivity contribution is 14.1. The molecule has 0 aromatic heterocycles. The van der Waals surface area contributed by atoms with Gasteiger partial charge in [-0.1, -0.05) is 0 Å². The third kappa shape index (κ3) is 2.64. The Hall–Kier alpha value is -1.15. The molecule has 0 spiro atoms. The Balaban J connectivity index is 2.22. The molecule has 0 bridgehead atoms. The summed E-state index contributed by atoms with van der Waals surface area (Å²) in [6.07, 6.45) is -0.471. The molecule has 1 aliphatic rings. The van der Waals surface area contributed by atoms with Gasteiger partial charge in [0, 0.05) is 22.1 Å². The summed E-state index contributed by atoms with van der Waals surface area (Å²) in [5.74, 6) is -0.850. The predicted octanol–water partition coefficient (Wildman–Crippen LogP) is 0.352. The van der Waals surface area contributed by atoms with Crippen molar-refractivity contribution in [3.8, 4) is 0 Å². The number of hydrogen-bond donors (Lipinski definition) is 2. The summed E-state index contributed by atoms with van der Waals surface area (Å²) in [7, 11) is 0. The maximum atomic E-state index is 12.2. The van der Waals surface area contributed by atoms with Crippen LogP contribution in [0, 0.1) is 3.57 Å². The Bertz CT molecular complexity index is 475. The van der Waals surface area contributed by atoms with Gasteiger partial charge in [-0.15, -0.1) is 0 Å². The van der Waals surface area contributed by atoms with Crippen molar-refractivity contribution < 1.29 is 14.7 Å². The first-order valence-corrected chi connectivity index (χ1v) is 6.61. The van der Waals surface area contributed by atoms with Crippen molar-refractivity contribution >= 4 is 34.4 Å². The average Bonchev–Trinajstić information content (AvgIpc) is 2.71. The van der Waals surface area contributed by atoms with Crippen LogP contribution in [0.25, 0.3) is 0 Å². The number of β-amino-alcohol motifs (C(OH)–C–C–N with tert-alkyl or cyclic N) is 1. The van der Waals surface area contributed by atoms with E-state index in [1.165, 1.54) is 4.90 Å². The second-order valence-corrected chi connectivity index (χ2v) is 5.52. The molecule has 1 heterocycles. The Kier molecular flexibility index (Phi) is 3.86. The van der Waals surface area contributed by atoms with Gasteiger partial charge in [-0.3, -0.25) is 9.59 Å². The molecule has 1 fully saturated rings. The molecule has 2 atom stereocenters. The number of aliphatic hydroxyl groups is 1. The molecule has 2 rings (SSSR count). The zero-order chi connectivity index (χ0) is 13.3. The Labute approximate surface area is 118 Å². The number of carbonyl (C=O) groups excluding carboxylic acids is 2. The molecule has 5 nitrogen and oxygen atoms in total. The van der Waals surface area contributed by atoms with E-state index < -0.39 is 18.1 Å². The lowest BCUT2D eigenvalue weighted by molar-refractivity contribution is -0.121. The number of nitrogens with zero attached hydrogens (tertiary/aromatic N) is 1. The van der Waals surface area contributed by atoms with Crippen LogP contribution in [0.1, 0.15) is 16.8 Å². The highest BCUT2D eigenvalue weighted by Crippen LogP contribution is 2.20.